The second-order valence-electron chi connectivity index (χ2n) is 5.23. The van der Waals surface area contributed by atoms with Crippen LogP contribution in [0.5, 0.6) is 5.75 Å². The van der Waals surface area contributed by atoms with Crippen molar-refractivity contribution < 1.29 is 5.11 Å². The molecule has 1 aromatic heterocycles. The zero-order valence-corrected chi connectivity index (χ0v) is 12.0. The summed E-state index contributed by atoms with van der Waals surface area (Å²) in [6, 6.07) is 7.39. The van der Waals surface area contributed by atoms with E-state index in [2.05, 4.69) is 16.0 Å². The number of rotatable bonds is 3. The number of nitrogens with zero attached hydrogens (tertiary/aromatic N) is 2. The normalized spacial score (nSPS) is 15.7. The average Bonchev–Trinajstić information content (AvgIpc) is 2.95. The van der Waals surface area contributed by atoms with Crippen molar-refractivity contribution in [3.63, 3.8) is 0 Å². The highest BCUT2D eigenvalue weighted by Gasteiger charge is 2.12. The molecule has 1 N–H and O–H groups in total. The number of hydrogen-bond donors (Lipinski definition) is 1. The largest absolute Gasteiger partial charge is 0.506 e. The van der Waals surface area contributed by atoms with E-state index in [4.69, 9.17) is 11.6 Å². The molecule has 0 radical (unpaired) electrons. The number of benzene rings is 1. The van der Waals surface area contributed by atoms with Crippen LogP contribution in [0.25, 0.3) is 11.1 Å². The lowest BCUT2D eigenvalue weighted by atomic mass is 10.1. The van der Waals surface area contributed by atoms with Crippen LogP contribution in [0.3, 0.4) is 0 Å². The maximum Gasteiger partial charge on any atom is 0.134 e. The van der Waals surface area contributed by atoms with Gasteiger partial charge in [-0.3, -0.25) is 9.88 Å². The van der Waals surface area contributed by atoms with E-state index < -0.39 is 0 Å². The smallest absolute Gasteiger partial charge is 0.134 e. The molecule has 0 atom stereocenters. The van der Waals surface area contributed by atoms with Crippen molar-refractivity contribution in [3.8, 4) is 16.9 Å². The molecule has 0 spiro atoms. The second kappa shape index (κ2) is 5.81. The maximum absolute atomic E-state index is 9.48. The van der Waals surface area contributed by atoms with E-state index in [0.29, 0.717) is 5.02 Å². The van der Waals surface area contributed by atoms with Gasteiger partial charge < -0.3 is 5.11 Å². The van der Waals surface area contributed by atoms with Crippen molar-refractivity contribution in [2.45, 2.75) is 19.4 Å². The highest BCUT2D eigenvalue weighted by atomic mass is 35.5. The fourth-order valence-electron chi connectivity index (χ4n) is 2.62. The van der Waals surface area contributed by atoms with E-state index >= 15 is 0 Å². The molecule has 1 aliphatic rings. The van der Waals surface area contributed by atoms with Crippen LogP contribution in [-0.2, 0) is 6.54 Å². The molecule has 0 unspecified atom stereocenters. The Morgan fingerprint density at radius 1 is 1.10 bits per heavy atom. The third-order valence-electron chi connectivity index (χ3n) is 3.68. The molecule has 0 amide bonds. The number of likely N-dealkylation sites (tertiary alicyclic amines) is 1. The van der Waals surface area contributed by atoms with Gasteiger partial charge in [-0.25, -0.2) is 0 Å². The van der Waals surface area contributed by atoms with Crippen LogP contribution in [0.15, 0.2) is 36.7 Å². The van der Waals surface area contributed by atoms with E-state index in [1.807, 2.05) is 18.5 Å². The molecule has 20 heavy (non-hydrogen) atoms. The van der Waals surface area contributed by atoms with Gasteiger partial charge in [0.15, 0.2) is 0 Å². The predicted molar refractivity (Wildman–Crippen MR) is 80.9 cm³/mol. The van der Waals surface area contributed by atoms with Crippen LogP contribution in [-0.4, -0.2) is 28.1 Å². The first-order valence-corrected chi connectivity index (χ1v) is 7.25. The van der Waals surface area contributed by atoms with E-state index in [1.165, 1.54) is 31.5 Å². The number of pyridine rings is 1. The molecule has 0 saturated carbocycles. The van der Waals surface area contributed by atoms with Gasteiger partial charge in [-0.2, -0.15) is 0 Å². The minimum atomic E-state index is 0.108. The van der Waals surface area contributed by atoms with Crippen LogP contribution >= 0.6 is 11.6 Å². The second-order valence-corrected chi connectivity index (χ2v) is 5.64. The van der Waals surface area contributed by atoms with Gasteiger partial charge in [-0.15, -0.1) is 0 Å². The zero-order chi connectivity index (χ0) is 13.9. The quantitative estimate of drug-likeness (QED) is 0.935. The first-order valence-electron chi connectivity index (χ1n) is 6.87. The van der Waals surface area contributed by atoms with Gasteiger partial charge in [-0.05, 0) is 55.3 Å². The van der Waals surface area contributed by atoms with Gasteiger partial charge >= 0.3 is 0 Å². The third kappa shape index (κ3) is 2.94. The Morgan fingerprint density at radius 2 is 1.90 bits per heavy atom. The molecule has 3 rings (SSSR count). The summed E-state index contributed by atoms with van der Waals surface area (Å²) in [5.74, 6) is 0.108. The highest BCUT2D eigenvalue weighted by Crippen LogP contribution is 2.29. The van der Waals surface area contributed by atoms with Crippen molar-refractivity contribution >= 4 is 11.6 Å². The topological polar surface area (TPSA) is 36.4 Å². The van der Waals surface area contributed by atoms with Crippen LogP contribution in [0, 0.1) is 0 Å². The summed E-state index contributed by atoms with van der Waals surface area (Å²) in [6.07, 6.45) is 6.33. The summed E-state index contributed by atoms with van der Waals surface area (Å²) in [7, 11) is 0. The van der Waals surface area contributed by atoms with Gasteiger partial charge in [0.1, 0.15) is 5.75 Å². The first kappa shape index (κ1) is 13.4. The molecule has 2 aromatic rings. The van der Waals surface area contributed by atoms with E-state index in [0.717, 1.165) is 17.7 Å². The Bertz CT molecular complexity index is 609. The van der Waals surface area contributed by atoms with Gasteiger partial charge in [0.25, 0.3) is 0 Å². The molecular weight excluding hydrogens is 272 g/mol. The van der Waals surface area contributed by atoms with Crippen molar-refractivity contribution in [2.75, 3.05) is 13.1 Å². The summed E-state index contributed by atoms with van der Waals surface area (Å²) in [5, 5.41) is 9.85. The summed E-state index contributed by atoms with van der Waals surface area (Å²) < 4.78 is 0. The Balaban J connectivity index is 1.84. The number of phenols is 1. The molecule has 3 nitrogen and oxygen atoms in total. The number of halogens is 1. The summed E-state index contributed by atoms with van der Waals surface area (Å²) in [6.45, 7) is 3.30. The van der Waals surface area contributed by atoms with Crippen LogP contribution in [0.1, 0.15) is 18.4 Å². The minimum absolute atomic E-state index is 0.108. The number of hydrogen-bond acceptors (Lipinski definition) is 3. The van der Waals surface area contributed by atoms with Crippen LogP contribution < -0.4 is 0 Å². The molecule has 4 heteroatoms. The zero-order valence-electron chi connectivity index (χ0n) is 11.2. The van der Waals surface area contributed by atoms with E-state index in [1.54, 1.807) is 12.1 Å². The third-order valence-corrected chi connectivity index (χ3v) is 3.98. The van der Waals surface area contributed by atoms with Crippen molar-refractivity contribution in [3.05, 3.63) is 47.2 Å². The Labute approximate surface area is 123 Å². The van der Waals surface area contributed by atoms with Gasteiger partial charge in [-0.1, -0.05) is 17.7 Å². The predicted octanol–water partition coefficient (Wildman–Crippen LogP) is 3.70. The molecule has 2 heterocycles. The maximum atomic E-state index is 9.48. The summed E-state index contributed by atoms with van der Waals surface area (Å²) in [4.78, 5) is 6.77. The summed E-state index contributed by atoms with van der Waals surface area (Å²) >= 11 is 5.96. The Hall–Kier alpha value is -1.58. The Morgan fingerprint density at radius 3 is 2.65 bits per heavy atom. The van der Waals surface area contributed by atoms with Crippen LogP contribution in [0.2, 0.25) is 5.02 Å². The number of aromatic hydroxyl groups is 1. The van der Waals surface area contributed by atoms with Gasteiger partial charge in [0, 0.05) is 24.5 Å². The molecule has 1 aromatic carbocycles. The lowest BCUT2D eigenvalue weighted by molar-refractivity contribution is 0.331. The first-order chi connectivity index (χ1) is 9.72. The molecule has 0 bridgehead atoms. The van der Waals surface area contributed by atoms with Crippen molar-refractivity contribution in [1.29, 1.82) is 0 Å². The lowest BCUT2D eigenvalue weighted by Crippen LogP contribution is -2.18. The fraction of sp³-hybridized carbons (Fsp3) is 0.312. The molecule has 1 saturated heterocycles. The number of phenolic OH excluding ortho intramolecular Hbond substituents is 1. The Kier molecular flexibility index (Phi) is 3.90. The summed E-state index contributed by atoms with van der Waals surface area (Å²) in [5.41, 5.74) is 3.22. The molecule has 0 aliphatic carbocycles. The number of aromatic nitrogens is 1. The highest BCUT2D eigenvalue weighted by molar-refractivity contribution is 6.32. The van der Waals surface area contributed by atoms with Gasteiger partial charge in [0.2, 0.25) is 0 Å². The minimum Gasteiger partial charge on any atom is -0.506 e. The monoisotopic (exact) mass is 288 g/mol. The average molecular weight is 289 g/mol. The molecule has 104 valence electrons. The molecule has 1 fully saturated rings. The lowest BCUT2D eigenvalue weighted by Gasteiger charge is -2.14. The fourth-order valence-corrected chi connectivity index (χ4v) is 2.80. The SMILES string of the molecule is Oc1ccc(-c2cncc(CN3CCCC3)c2)cc1Cl. The van der Waals surface area contributed by atoms with E-state index in [9.17, 15) is 5.11 Å². The standard InChI is InChI=1S/C16H17ClN2O/c17-15-8-13(3-4-16(15)20)14-7-12(9-18-10-14)11-19-5-1-2-6-19/h3-4,7-10,20H,1-2,5-6,11H2. The molecule has 1 aliphatic heterocycles. The molecular formula is C16H17ClN2O. The van der Waals surface area contributed by atoms with Crippen molar-refractivity contribution in [1.82, 2.24) is 9.88 Å². The van der Waals surface area contributed by atoms with Crippen molar-refractivity contribution in [2.24, 2.45) is 0 Å². The van der Waals surface area contributed by atoms with Gasteiger partial charge in [0.05, 0.1) is 5.02 Å². The van der Waals surface area contributed by atoms with E-state index in [-0.39, 0.29) is 5.75 Å². The van der Waals surface area contributed by atoms with Crippen LogP contribution in [0.4, 0.5) is 0 Å².